The van der Waals surface area contributed by atoms with Crippen LogP contribution in [0, 0.1) is 0 Å². The molecule has 1 heterocycles. The maximum Gasteiger partial charge on any atom is 0.673 e. The van der Waals surface area contributed by atoms with Crippen molar-refractivity contribution in [3.8, 4) is 0 Å². The van der Waals surface area contributed by atoms with E-state index in [2.05, 4.69) is 35.2 Å². The minimum absolute atomic E-state index is 0.389. The monoisotopic (exact) mass is 432 g/mol. The summed E-state index contributed by atoms with van der Waals surface area (Å²) in [5, 5.41) is 0. The lowest BCUT2D eigenvalue weighted by Gasteiger charge is -2.11. The zero-order valence-corrected chi connectivity index (χ0v) is 17.0. The average Bonchev–Trinajstić information content (AvgIpc) is 2.73. The molecule has 0 aliphatic heterocycles. The van der Waals surface area contributed by atoms with Gasteiger partial charge >= 0.3 is 13.2 Å². The SMILES string of the molecule is CN(C)c1ccc(C=Cc2cc[n+](OC(=O)c3ccccc3)cc2)cc1.F[B-](F)(F)F. The molecule has 0 saturated heterocycles. The van der Waals surface area contributed by atoms with Crippen LogP contribution in [0.1, 0.15) is 21.5 Å². The van der Waals surface area contributed by atoms with Crippen molar-refractivity contribution < 1.29 is 31.6 Å². The molecule has 0 unspecified atom stereocenters. The Balaban J connectivity index is 0.000000614. The topological polar surface area (TPSA) is 33.4 Å². The summed E-state index contributed by atoms with van der Waals surface area (Å²) in [5.74, 6) is -0.389. The summed E-state index contributed by atoms with van der Waals surface area (Å²) in [6, 6.07) is 21.0. The van der Waals surface area contributed by atoms with E-state index in [1.54, 1.807) is 36.7 Å². The summed E-state index contributed by atoms with van der Waals surface area (Å²) < 4.78 is 40.4. The van der Waals surface area contributed by atoms with Crippen LogP contribution in [0.3, 0.4) is 0 Å². The zero-order valence-electron chi connectivity index (χ0n) is 17.0. The average molecular weight is 432 g/mol. The number of nitrogens with zero attached hydrogens (tertiary/aromatic N) is 2. The van der Waals surface area contributed by atoms with Crippen molar-refractivity contribution in [2.75, 3.05) is 19.0 Å². The molecule has 0 atom stereocenters. The molecule has 4 nitrogen and oxygen atoms in total. The molecule has 0 aliphatic rings. The van der Waals surface area contributed by atoms with Crippen molar-refractivity contribution in [3.05, 3.63) is 95.8 Å². The molecule has 31 heavy (non-hydrogen) atoms. The Hall–Kier alpha value is -3.62. The predicted molar refractivity (Wildman–Crippen MR) is 114 cm³/mol. The Kier molecular flexibility index (Phi) is 8.37. The number of hydrogen-bond donors (Lipinski definition) is 0. The van der Waals surface area contributed by atoms with Crippen molar-refractivity contribution in [1.29, 1.82) is 0 Å². The van der Waals surface area contributed by atoms with Crippen LogP contribution in [0.5, 0.6) is 0 Å². The Labute approximate surface area is 178 Å². The fourth-order valence-electron chi connectivity index (χ4n) is 2.39. The van der Waals surface area contributed by atoms with Gasteiger partial charge in [0.15, 0.2) is 0 Å². The van der Waals surface area contributed by atoms with Crippen LogP contribution in [0.15, 0.2) is 79.1 Å². The highest BCUT2D eigenvalue weighted by Gasteiger charge is 2.20. The van der Waals surface area contributed by atoms with Crippen LogP contribution in [-0.2, 0) is 0 Å². The Bertz CT molecular complexity index is 985. The predicted octanol–water partition coefficient (Wildman–Crippen LogP) is 4.78. The summed E-state index contributed by atoms with van der Waals surface area (Å²) in [5.41, 5.74) is 3.84. The van der Waals surface area contributed by atoms with Gasteiger partial charge in [-0.15, -0.1) is 0 Å². The molecular formula is C22H21BF4N2O2. The Morgan fingerprint density at radius 2 is 1.32 bits per heavy atom. The van der Waals surface area contributed by atoms with Gasteiger partial charge in [-0.25, -0.2) is 4.79 Å². The molecule has 3 rings (SSSR count). The third-order valence-electron chi connectivity index (χ3n) is 3.90. The first-order valence-corrected chi connectivity index (χ1v) is 9.23. The second kappa shape index (κ2) is 11.0. The quantitative estimate of drug-likeness (QED) is 0.331. The molecule has 1 aromatic heterocycles. The molecule has 0 saturated carbocycles. The Morgan fingerprint density at radius 3 is 1.81 bits per heavy atom. The molecule has 0 aliphatic carbocycles. The van der Waals surface area contributed by atoms with Crippen molar-refractivity contribution in [3.63, 3.8) is 0 Å². The van der Waals surface area contributed by atoms with Crippen molar-refractivity contribution in [2.24, 2.45) is 0 Å². The van der Waals surface area contributed by atoms with Gasteiger partial charge in [0, 0.05) is 36.6 Å². The van der Waals surface area contributed by atoms with E-state index >= 15 is 0 Å². The van der Waals surface area contributed by atoms with Crippen LogP contribution < -0.4 is 14.5 Å². The van der Waals surface area contributed by atoms with E-state index in [0.717, 1.165) is 11.1 Å². The van der Waals surface area contributed by atoms with E-state index in [-0.39, 0.29) is 5.97 Å². The highest BCUT2D eigenvalue weighted by atomic mass is 19.5. The maximum absolute atomic E-state index is 12.0. The molecule has 0 radical (unpaired) electrons. The fourth-order valence-corrected chi connectivity index (χ4v) is 2.39. The lowest BCUT2D eigenvalue weighted by molar-refractivity contribution is -0.868. The molecule has 0 N–H and O–H groups in total. The van der Waals surface area contributed by atoms with Crippen molar-refractivity contribution in [1.82, 2.24) is 0 Å². The van der Waals surface area contributed by atoms with Crippen molar-refractivity contribution >= 4 is 31.1 Å². The third-order valence-corrected chi connectivity index (χ3v) is 3.90. The molecule has 0 bridgehead atoms. The summed E-state index contributed by atoms with van der Waals surface area (Å²) in [6.45, 7) is 0. The van der Waals surface area contributed by atoms with E-state index in [9.17, 15) is 22.1 Å². The van der Waals surface area contributed by atoms with Gasteiger partial charge in [-0.1, -0.05) is 42.5 Å². The molecule has 3 aromatic rings. The number of halogens is 4. The van der Waals surface area contributed by atoms with Gasteiger partial charge in [0.05, 0.1) is 5.56 Å². The van der Waals surface area contributed by atoms with Gasteiger partial charge in [-0.2, -0.15) is 4.84 Å². The minimum atomic E-state index is -6.00. The van der Waals surface area contributed by atoms with Gasteiger partial charge in [-0.3, -0.25) is 0 Å². The van der Waals surface area contributed by atoms with Gasteiger partial charge in [0.1, 0.15) is 0 Å². The number of pyridine rings is 1. The first kappa shape index (κ1) is 23.7. The first-order valence-electron chi connectivity index (χ1n) is 9.23. The summed E-state index contributed by atoms with van der Waals surface area (Å²) >= 11 is 0. The van der Waals surface area contributed by atoms with Crippen LogP contribution in [0.2, 0.25) is 0 Å². The van der Waals surface area contributed by atoms with Gasteiger partial charge in [0.2, 0.25) is 12.4 Å². The van der Waals surface area contributed by atoms with Crippen LogP contribution in [0.4, 0.5) is 23.0 Å². The fraction of sp³-hybridized carbons (Fsp3) is 0.0909. The zero-order chi connectivity index (χ0) is 22.9. The van der Waals surface area contributed by atoms with Gasteiger partial charge in [0.25, 0.3) is 0 Å². The van der Waals surface area contributed by atoms with Crippen LogP contribution in [0.25, 0.3) is 12.2 Å². The largest absolute Gasteiger partial charge is 0.673 e. The highest BCUT2D eigenvalue weighted by Crippen LogP contribution is 2.14. The molecule has 162 valence electrons. The van der Waals surface area contributed by atoms with Crippen LogP contribution in [-0.4, -0.2) is 27.3 Å². The number of hydrogen-bond acceptors (Lipinski definition) is 3. The summed E-state index contributed by atoms with van der Waals surface area (Å²) in [4.78, 5) is 19.4. The normalized spacial score (nSPS) is 10.9. The highest BCUT2D eigenvalue weighted by molar-refractivity contribution is 6.50. The first-order chi connectivity index (χ1) is 14.6. The van der Waals surface area contributed by atoms with E-state index in [1.807, 2.05) is 38.4 Å². The second-order valence-corrected chi connectivity index (χ2v) is 6.55. The maximum atomic E-state index is 12.0. The van der Waals surface area contributed by atoms with Gasteiger partial charge < -0.3 is 22.2 Å². The number of benzene rings is 2. The van der Waals surface area contributed by atoms with E-state index in [0.29, 0.717) is 5.56 Å². The Morgan fingerprint density at radius 1 is 0.839 bits per heavy atom. The van der Waals surface area contributed by atoms with E-state index in [1.165, 1.54) is 10.4 Å². The molecule has 0 fully saturated rings. The molecule has 0 spiro atoms. The number of aromatic nitrogens is 1. The number of carbonyl (C=O) groups is 1. The second-order valence-electron chi connectivity index (χ2n) is 6.55. The van der Waals surface area contributed by atoms with E-state index in [4.69, 9.17) is 4.84 Å². The third kappa shape index (κ3) is 9.16. The lowest BCUT2D eigenvalue weighted by Crippen LogP contribution is -2.45. The molecular weight excluding hydrogens is 411 g/mol. The molecule has 2 aromatic carbocycles. The van der Waals surface area contributed by atoms with E-state index < -0.39 is 7.25 Å². The lowest BCUT2D eigenvalue weighted by atomic mass is 10.1. The van der Waals surface area contributed by atoms with Crippen LogP contribution >= 0.6 is 0 Å². The summed E-state index contributed by atoms with van der Waals surface area (Å²) in [7, 11) is -1.96. The van der Waals surface area contributed by atoms with Crippen molar-refractivity contribution in [2.45, 2.75) is 0 Å². The molecule has 9 heteroatoms. The standard InChI is InChI=1S/C22H21N2O2.BF4/c1-23(2)21-12-10-18(11-13-21)8-9-19-14-16-24(17-15-19)26-22(25)20-6-4-3-5-7-20;2-1(3,4)5/h3-17H,1-2H3;/q+1;-1. The number of carbonyl (C=O) groups excluding carboxylic acids is 1. The number of anilines is 1. The minimum Gasteiger partial charge on any atom is -0.418 e. The molecule has 0 amide bonds. The van der Waals surface area contributed by atoms with Gasteiger partial charge in [-0.05, 0) is 35.4 Å². The smallest absolute Gasteiger partial charge is 0.418 e. The summed E-state index contributed by atoms with van der Waals surface area (Å²) in [6.07, 6.45) is 7.51. The number of rotatable bonds is 5.